The van der Waals surface area contributed by atoms with Crippen molar-refractivity contribution >= 4 is 28.1 Å². The van der Waals surface area contributed by atoms with Crippen LogP contribution in [-0.2, 0) is 0 Å². The maximum atomic E-state index is 12.1. The molecule has 0 fully saturated rings. The Bertz CT molecular complexity index is 736. The number of nitrogens with one attached hydrogen (secondary N) is 1. The van der Waals surface area contributed by atoms with E-state index in [2.05, 4.69) is 15.0 Å². The quantitative estimate of drug-likeness (QED) is 0.688. The smallest absolute Gasteiger partial charge is 0.257 e. The molecule has 0 saturated heterocycles. The normalized spacial score (nSPS) is 10.5. The van der Waals surface area contributed by atoms with Crippen LogP contribution in [0.15, 0.2) is 53.4 Å². The molecule has 94 valence electrons. The van der Waals surface area contributed by atoms with Gasteiger partial charge in [0.05, 0.1) is 11.8 Å². The third-order valence-electron chi connectivity index (χ3n) is 2.85. The average molecular weight is 253 g/mol. The number of rotatable bonds is 2. The summed E-state index contributed by atoms with van der Waals surface area (Å²) in [5.41, 5.74) is 7.28. The number of nitrogens with two attached hydrogens (primary N) is 1. The van der Waals surface area contributed by atoms with Crippen LogP contribution in [0.5, 0.6) is 0 Å². The second-order valence-electron chi connectivity index (χ2n) is 4.15. The zero-order valence-electron chi connectivity index (χ0n) is 9.96. The molecule has 0 aliphatic rings. The van der Waals surface area contributed by atoms with Crippen molar-refractivity contribution in [3.63, 3.8) is 0 Å². The van der Waals surface area contributed by atoms with Crippen molar-refractivity contribution < 1.29 is 9.32 Å². The minimum Gasteiger partial charge on any atom is -0.398 e. The molecule has 3 aromatic rings. The number of carbonyl (C=O) groups is 1. The minimum absolute atomic E-state index is 0.286. The maximum Gasteiger partial charge on any atom is 0.257 e. The predicted molar refractivity (Wildman–Crippen MR) is 72.8 cm³/mol. The topological polar surface area (TPSA) is 81.2 Å². The number of aromatic nitrogens is 1. The lowest BCUT2D eigenvalue weighted by molar-refractivity contribution is 0.102. The van der Waals surface area contributed by atoms with Gasteiger partial charge in [-0.05, 0) is 22.9 Å². The van der Waals surface area contributed by atoms with Crippen LogP contribution in [0.3, 0.4) is 0 Å². The van der Waals surface area contributed by atoms with Crippen LogP contribution in [-0.4, -0.2) is 11.1 Å². The SMILES string of the molecule is Nc1cc2ccccc2cc1C(=O)Nc1cnoc1. The van der Waals surface area contributed by atoms with E-state index in [1.807, 2.05) is 24.3 Å². The van der Waals surface area contributed by atoms with Crippen molar-refractivity contribution in [3.05, 3.63) is 54.4 Å². The van der Waals surface area contributed by atoms with E-state index in [0.29, 0.717) is 16.9 Å². The highest BCUT2D eigenvalue weighted by Gasteiger charge is 2.12. The minimum atomic E-state index is -0.286. The maximum absolute atomic E-state index is 12.1. The van der Waals surface area contributed by atoms with Gasteiger partial charge in [0.15, 0.2) is 0 Å². The number of hydrogen-bond donors (Lipinski definition) is 2. The molecule has 0 unspecified atom stereocenters. The van der Waals surface area contributed by atoms with Gasteiger partial charge in [0, 0.05) is 5.69 Å². The number of anilines is 2. The molecule has 0 radical (unpaired) electrons. The number of fused-ring (bicyclic) bond motifs is 1. The van der Waals surface area contributed by atoms with Gasteiger partial charge in [-0.2, -0.15) is 0 Å². The molecule has 1 aromatic heterocycles. The first-order valence-electron chi connectivity index (χ1n) is 5.73. The van der Waals surface area contributed by atoms with E-state index in [1.165, 1.54) is 12.5 Å². The zero-order valence-corrected chi connectivity index (χ0v) is 9.96. The lowest BCUT2D eigenvalue weighted by Crippen LogP contribution is -2.13. The van der Waals surface area contributed by atoms with E-state index in [-0.39, 0.29) is 5.91 Å². The fourth-order valence-corrected chi connectivity index (χ4v) is 1.92. The molecule has 3 rings (SSSR count). The molecule has 5 heteroatoms. The molecule has 0 saturated carbocycles. The van der Waals surface area contributed by atoms with Gasteiger partial charge in [0.25, 0.3) is 5.91 Å². The Labute approximate surface area is 109 Å². The first-order valence-corrected chi connectivity index (χ1v) is 5.73. The van der Waals surface area contributed by atoms with Gasteiger partial charge in [-0.1, -0.05) is 29.4 Å². The van der Waals surface area contributed by atoms with Gasteiger partial charge in [0.1, 0.15) is 12.0 Å². The largest absolute Gasteiger partial charge is 0.398 e. The Morgan fingerprint density at radius 2 is 1.95 bits per heavy atom. The first-order chi connectivity index (χ1) is 9.24. The van der Waals surface area contributed by atoms with Crippen LogP contribution >= 0.6 is 0 Å². The fraction of sp³-hybridized carbons (Fsp3) is 0. The second-order valence-corrected chi connectivity index (χ2v) is 4.15. The number of benzene rings is 2. The van der Waals surface area contributed by atoms with E-state index in [4.69, 9.17) is 5.73 Å². The van der Waals surface area contributed by atoms with E-state index in [0.717, 1.165) is 10.8 Å². The van der Waals surface area contributed by atoms with Gasteiger partial charge in [-0.15, -0.1) is 0 Å². The van der Waals surface area contributed by atoms with E-state index >= 15 is 0 Å². The summed E-state index contributed by atoms with van der Waals surface area (Å²) in [7, 11) is 0. The van der Waals surface area contributed by atoms with Crippen molar-refractivity contribution in [3.8, 4) is 0 Å². The van der Waals surface area contributed by atoms with Gasteiger partial charge in [-0.25, -0.2) is 0 Å². The van der Waals surface area contributed by atoms with Crippen LogP contribution in [0.2, 0.25) is 0 Å². The average Bonchev–Trinajstić information content (AvgIpc) is 2.90. The molecule has 3 N–H and O–H groups in total. The molecule has 0 spiro atoms. The summed E-state index contributed by atoms with van der Waals surface area (Å²) in [6.07, 6.45) is 2.78. The summed E-state index contributed by atoms with van der Waals surface area (Å²) in [6, 6.07) is 11.3. The van der Waals surface area contributed by atoms with Crippen molar-refractivity contribution in [2.45, 2.75) is 0 Å². The highest BCUT2D eigenvalue weighted by Crippen LogP contribution is 2.22. The Morgan fingerprint density at radius 3 is 2.63 bits per heavy atom. The number of amides is 1. The summed E-state index contributed by atoms with van der Waals surface area (Å²) < 4.78 is 4.66. The number of nitrogens with zero attached hydrogens (tertiary/aromatic N) is 1. The highest BCUT2D eigenvalue weighted by atomic mass is 16.5. The van der Waals surface area contributed by atoms with Crippen molar-refractivity contribution in [1.82, 2.24) is 5.16 Å². The summed E-state index contributed by atoms with van der Waals surface area (Å²) in [5, 5.41) is 8.16. The van der Waals surface area contributed by atoms with Crippen molar-refractivity contribution in [2.75, 3.05) is 11.1 Å². The summed E-state index contributed by atoms with van der Waals surface area (Å²) in [4.78, 5) is 12.1. The second kappa shape index (κ2) is 4.45. The Balaban J connectivity index is 1.99. The Kier molecular flexibility index (Phi) is 2.64. The third kappa shape index (κ3) is 2.13. The lowest BCUT2D eigenvalue weighted by atomic mass is 10.0. The molecular weight excluding hydrogens is 242 g/mol. The van der Waals surface area contributed by atoms with Gasteiger partial charge in [-0.3, -0.25) is 4.79 Å². The predicted octanol–water partition coefficient (Wildman–Crippen LogP) is 2.66. The van der Waals surface area contributed by atoms with Crippen molar-refractivity contribution in [2.24, 2.45) is 0 Å². The first kappa shape index (κ1) is 11.3. The van der Waals surface area contributed by atoms with E-state index < -0.39 is 0 Å². The molecule has 1 heterocycles. The van der Waals surface area contributed by atoms with Crippen LogP contribution in [0.4, 0.5) is 11.4 Å². The molecular formula is C14H11N3O2. The van der Waals surface area contributed by atoms with Crippen molar-refractivity contribution in [1.29, 1.82) is 0 Å². The van der Waals surface area contributed by atoms with Gasteiger partial charge < -0.3 is 15.6 Å². The number of hydrogen-bond acceptors (Lipinski definition) is 4. The van der Waals surface area contributed by atoms with E-state index in [1.54, 1.807) is 12.1 Å². The molecule has 0 atom stereocenters. The van der Waals surface area contributed by atoms with Crippen LogP contribution < -0.4 is 11.1 Å². The summed E-state index contributed by atoms with van der Waals surface area (Å²) in [5.74, 6) is -0.286. The zero-order chi connectivity index (χ0) is 13.2. The van der Waals surface area contributed by atoms with Crippen LogP contribution in [0.1, 0.15) is 10.4 Å². The van der Waals surface area contributed by atoms with E-state index in [9.17, 15) is 4.79 Å². The van der Waals surface area contributed by atoms with Gasteiger partial charge >= 0.3 is 0 Å². The van der Waals surface area contributed by atoms with Crippen LogP contribution in [0.25, 0.3) is 10.8 Å². The molecule has 5 nitrogen and oxygen atoms in total. The standard InChI is InChI=1S/C14H11N3O2/c15-13-6-10-4-2-1-3-9(10)5-12(13)14(18)17-11-7-16-19-8-11/h1-8H,15H2,(H,17,18). The molecule has 0 aliphatic heterocycles. The number of carbonyl (C=O) groups excluding carboxylic acids is 1. The summed E-state index contributed by atoms with van der Waals surface area (Å²) >= 11 is 0. The van der Waals surface area contributed by atoms with Gasteiger partial charge in [0.2, 0.25) is 0 Å². The molecule has 0 bridgehead atoms. The number of nitrogen functional groups attached to an aromatic ring is 1. The Hall–Kier alpha value is -2.82. The molecule has 1 amide bonds. The molecule has 19 heavy (non-hydrogen) atoms. The lowest BCUT2D eigenvalue weighted by Gasteiger charge is -2.07. The fourth-order valence-electron chi connectivity index (χ4n) is 1.92. The third-order valence-corrected chi connectivity index (χ3v) is 2.85. The Morgan fingerprint density at radius 1 is 1.21 bits per heavy atom. The molecule has 0 aliphatic carbocycles. The van der Waals surface area contributed by atoms with Crippen LogP contribution in [0, 0.1) is 0 Å². The monoisotopic (exact) mass is 253 g/mol. The summed E-state index contributed by atoms with van der Waals surface area (Å²) in [6.45, 7) is 0. The highest BCUT2D eigenvalue weighted by molar-refractivity contribution is 6.10. The molecule has 2 aromatic carbocycles.